The Labute approximate surface area is 351 Å². The van der Waals surface area contributed by atoms with Gasteiger partial charge in [-0.15, -0.1) is 6.58 Å². The molecule has 4 fully saturated rings. The standard InChI is InChI=1S/C44H68N6O8S/c1-10-12-16-31(35(51)39(53)45-24-11-2)46-38(52)34-33-30(43(33,6)7)27-50(34)40(54)37(44(8)22-14-13-15-23-44)48-41(55)47-36(42(3,4)5)32-21-25-49(59(32,56)57)26-28-17-19-29(58-9)20-18-28/h11,17-20,30-34,36-37H,2,10,12-16,21-27H2,1,3-9H3,(H,45,53)(H,46,52)(H2,47,48,55)/t30-,31?,32-,33-,34-,36-,37+/m0/s1. The molecule has 5 rings (SSSR count). The summed E-state index contributed by atoms with van der Waals surface area (Å²) in [4.78, 5) is 71.3. The summed E-state index contributed by atoms with van der Waals surface area (Å²) in [6.07, 6.45) is 7.52. The highest BCUT2D eigenvalue weighted by molar-refractivity contribution is 7.90. The van der Waals surface area contributed by atoms with E-state index in [1.807, 2.05) is 46.8 Å². The van der Waals surface area contributed by atoms with E-state index < -0.39 is 73.9 Å². The first kappa shape index (κ1) is 46.1. The number of fused-ring (bicyclic) bond motifs is 1. The monoisotopic (exact) mass is 840 g/mol. The Bertz CT molecular complexity index is 1840. The van der Waals surface area contributed by atoms with Gasteiger partial charge in [0.25, 0.3) is 5.91 Å². The van der Waals surface area contributed by atoms with Crippen molar-refractivity contribution in [3.05, 3.63) is 42.5 Å². The molecule has 59 heavy (non-hydrogen) atoms. The number of methoxy groups -OCH3 is 1. The molecule has 15 heteroatoms. The summed E-state index contributed by atoms with van der Waals surface area (Å²) in [5.74, 6) is -1.87. The predicted octanol–water partition coefficient (Wildman–Crippen LogP) is 4.68. The lowest BCUT2D eigenvalue weighted by atomic mass is 9.70. The van der Waals surface area contributed by atoms with Gasteiger partial charge in [0.2, 0.25) is 27.6 Å². The number of rotatable bonds is 17. The van der Waals surface area contributed by atoms with Gasteiger partial charge >= 0.3 is 6.03 Å². The number of hydrogen-bond acceptors (Lipinski definition) is 8. The molecule has 1 aromatic carbocycles. The number of amides is 5. The third-order valence-corrected chi connectivity index (χ3v) is 15.9. The molecule has 0 spiro atoms. The molecule has 7 atom stereocenters. The smallest absolute Gasteiger partial charge is 0.315 e. The summed E-state index contributed by atoms with van der Waals surface area (Å²) in [5.41, 5.74) is -0.711. The normalized spacial score (nSPS) is 25.7. The van der Waals surface area contributed by atoms with Crippen LogP contribution in [0.2, 0.25) is 0 Å². The second-order valence-electron chi connectivity index (χ2n) is 19.1. The number of carbonyl (C=O) groups is 5. The Morgan fingerprint density at radius 1 is 1.00 bits per heavy atom. The van der Waals surface area contributed by atoms with E-state index in [0.29, 0.717) is 44.5 Å². The van der Waals surface area contributed by atoms with Crippen molar-refractivity contribution in [2.24, 2.45) is 28.1 Å². The fourth-order valence-electron chi connectivity index (χ4n) is 9.87. The summed E-state index contributed by atoms with van der Waals surface area (Å²) >= 11 is 0. The fraction of sp³-hybridized carbons (Fsp3) is 0.705. The Morgan fingerprint density at radius 2 is 1.66 bits per heavy atom. The minimum absolute atomic E-state index is 0.0372. The molecule has 0 aromatic heterocycles. The first-order valence-electron chi connectivity index (χ1n) is 21.4. The van der Waals surface area contributed by atoms with Gasteiger partial charge in [0.15, 0.2) is 0 Å². The van der Waals surface area contributed by atoms with E-state index in [2.05, 4.69) is 41.7 Å². The van der Waals surface area contributed by atoms with Crippen LogP contribution < -0.4 is 26.0 Å². The van der Waals surface area contributed by atoms with Crippen molar-refractivity contribution >= 4 is 39.6 Å². The van der Waals surface area contributed by atoms with Crippen LogP contribution in [0.15, 0.2) is 36.9 Å². The quantitative estimate of drug-likeness (QED) is 0.129. The molecule has 4 aliphatic rings. The van der Waals surface area contributed by atoms with Crippen LogP contribution in [-0.2, 0) is 35.7 Å². The molecular formula is C44H68N6O8S. The molecule has 1 aromatic rings. The Morgan fingerprint density at radius 3 is 2.25 bits per heavy atom. The summed E-state index contributed by atoms with van der Waals surface area (Å²) in [5, 5.41) is 10.6. The zero-order valence-electron chi connectivity index (χ0n) is 36.4. The van der Waals surface area contributed by atoms with Gasteiger partial charge < -0.3 is 30.9 Å². The van der Waals surface area contributed by atoms with Crippen LogP contribution in [0.1, 0.15) is 112 Å². The van der Waals surface area contributed by atoms with Gasteiger partial charge in [-0.1, -0.05) is 98.8 Å². The number of Topliss-reactive ketones (excluding diaryl/α,β-unsaturated/α-hetero) is 1. The van der Waals surface area contributed by atoms with E-state index in [1.54, 1.807) is 24.1 Å². The van der Waals surface area contributed by atoms with Crippen LogP contribution in [0.4, 0.5) is 4.79 Å². The number of benzene rings is 1. The van der Waals surface area contributed by atoms with Crippen molar-refractivity contribution < 1.29 is 37.1 Å². The topological polar surface area (TPSA) is 183 Å². The van der Waals surface area contributed by atoms with Crippen LogP contribution >= 0.6 is 0 Å². The number of hydrogen-bond donors (Lipinski definition) is 4. The molecule has 5 amide bonds. The predicted molar refractivity (Wildman–Crippen MR) is 227 cm³/mol. The van der Waals surface area contributed by atoms with Crippen LogP contribution in [0.25, 0.3) is 0 Å². The molecular weight excluding hydrogens is 773 g/mol. The molecule has 4 N–H and O–H groups in total. The van der Waals surface area contributed by atoms with Crippen molar-refractivity contribution in [2.45, 2.75) is 142 Å². The lowest BCUT2D eigenvalue weighted by Gasteiger charge is -2.43. The molecule has 2 saturated carbocycles. The van der Waals surface area contributed by atoms with Gasteiger partial charge in [0.05, 0.1) is 24.4 Å². The van der Waals surface area contributed by atoms with Crippen molar-refractivity contribution in [3.63, 3.8) is 0 Å². The second-order valence-corrected chi connectivity index (χ2v) is 21.3. The van der Waals surface area contributed by atoms with Gasteiger partial charge in [0.1, 0.15) is 17.8 Å². The SMILES string of the molecule is C=CCNC(=O)C(=O)C(CCCC)NC(=O)[C@@H]1[C@@H]2[C@H](CN1C(=O)[C@@H](NC(=O)N[C@@H]([C@@H]1CCN(Cc3ccc(OC)cc3)S1(=O)=O)C(C)(C)C)C1(C)CCCCC1)C2(C)C. The first-order valence-corrected chi connectivity index (χ1v) is 22.9. The highest BCUT2D eigenvalue weighted by Gasteiger charge is 2.70. The van der Waals surface area contributed by atoms with E-state index >= 15 is 4.79 Å². The highest BCUT2D eigenvalue weighted by Crippen LogP contribution is 2.65. The fourth-order valence-corrected chi connectivity index (χ4v) is 12.2. The summed E-state index contributed by atoms with van der Waals surface area (Å²) in [6, 6.07) is 2.87. The largest absolute Gasteiger partial charge is 0.497 e. The van der Waals surface area contributed by atoms with E-state index in [-0.39, 0.29) is 42.7 Å². The van der Waals surface area contributed by atoms with Gasteiger partial charge in [-0.05, 0) is 71.5 Å². The van der Waals surface area contributed by atoms with Crippen molar-refractivity contribution in [2.75, 3.05) is 26.7 Å². The maximum Gasteiger partial charge on any atom is 0.315 e. The van der Waals surface area contributed by atoms with E-state index in [4.69, 9.17) is 4.74 Å². The number of nitrogens with one attached hydrogen (secondary N) is 4. The number of sulfonamides is 1. The third kappa shape index (κ3) is 9.98. The summed E-state index contributed by atoms with van der Waals surface area (Å²) in [7, 11) is -2.26. The van der Waals surface area contributed by atoms with Crippen molar-refractivity contribution in [1.29, 1.82) is 0 Å². The third-order valence-electron chi connectivity index (χ3n) is 13.6. The minimum Gasteiger partial charge on any atom is -0.497 e. The van der Waals surface area contributed by atoms with Crippen molar-refractivity contribution in [3.8, 4) is 5.75 Å². The molecule has 2 saturated heterocycles. The number of likely N-dealkylation sites (tertiary alicyclic amines) is 1. The lowest BCUT2D eigenvalue weighted by Crippen LogP contribution is -2.64. The molecule has 0 bridgehead atoms. The Balaban J connectivity index is 1.38. The van der Waals surface area contributed by atoms with Gasteiger partial charge in [-0.2, -0.15) is 4.31 Å². The summed E-state index contributed by atoms with van der Waals surface area (Å²) in [6.45, 7) is 18.3. The van der Waals surface area contributed by atoms with Crippen molar-refractivity contribution in [1.82, 2.24) is 30.5 Å². The molecule has 2 aliphatic carbocycles. The number of nitrogens with zero attached hydrogens (tertiary/aromatic N) is 2. The zero-order valence-corrected chi connectivity index (χ0v) is 37.2. The maximum atomic E-state index is 15.0. The number of ketones is 1. The number of urea groups is 1. The second kappa shape index (κ2) is 18.3. The summed E-state index contributed by atoms with van der Waals surface area (Å²) < 4.78 is 35.0. The maximum absolute atomic E-state index is 15.0. The first-order chi connectivity index (χ1) is 27.7. The average molecular weight is 841 g/mol. The van der Waals surface area contributed by atoms with Gasteiger partial charge in [-0.3, -0.25) is 19.2 Å². The van der Waals surface area contributed by atoms with Gasteiger partial charge in [-0.25, -0.2) is 13.2 Å². The molecule has 2 aliphatic heterocycles. The van der Waals surface area contributed by atoms with E-state index in [9.17, 15) is 27.6 Å². The van der Waals surface area contributed by atoms with Gasteiger partial charge in [0, 0.05) is 26.2 Å². The highest BCUT2D eigenvalue weighted by atomic mass is 32.2. The average Bonchev–Trinajstić information content (AvgIpc) is 3.43. The van der Waals surface area contributed by atoms with Crippen LogP contribution in [-0.4, -0.2) is 103 Å². The Hall–Kier alpha value is -3.98. The number of ether oxygens (including phenoxy) is 1. The van der Waals surface area contributed by atoms with Crippen LogP contribution in [0.5, 0.6) is 5.75 Å². The number of unbranched alkanes of at least 4 members (excludes halogenated alkanes) is 1. The number of piperidine rings is 1. The molecule has 2 heterocycles. The molecule has 0 radical (unpaired) electrons. The molecule has 328 valence electrons. The van der Waals surface area contributed by atoms with Crippen LogP contribution in [0, 0.1) is 28.1 Å². The van der Waals surface area contributed by atoms with E-state index in [0.717, 1.165) is 31.2 Å². The Kier molecular flexibility index (Phi) is 14.3. The zero-order chi connectivity index (χ0) is 43.5. The lowest BCUT2D eigenvalue weighted by molar-refractivity contribution is -0.146. The molecule has 14 nitrogen and oxygen atoms in total. The minimum atomic E-state index is -3.84. The van der Waals surface area contributed by atoms with E-state index in [1.165, 1.54) is 10.4 Å². The van der Waals surface area contributed by atoms with Crippen LogP contribution in [0.3, 0.4) is 0 Å². The molecule has 1 unspecified atom stereocenters. The number of carbonyl (C=O) groups excluding carboxylic acids is 5.